The van der Waals surface area contributed by atoms with Crippen LogP contribution in [0.2, 0.25) is 0 Å². The highest BCUT2D eigenvalue weighted by molar-refractivity contribution is 9.10. The average molecular weight is 351 g/mol. The Morgan fingerprint density at radius 1 is 1.33 bits per heavy atom. The fourth-order valence-corrected chi connectivity index (χ4v) is 4.39. The number of nitrogens with zero attached hydrogens (tertiary/aromatic N) is 1. The SMILES string of the molecule is Cc1ccc(N2CC(C)(C3CC3)NCC2C(C)C)c(Br)c1. The van der Waals surface area contributed by atoms with Gasteiger partial charge in [-0.1, -0.05) is 19.9 Å². The van der Waals surface area contributed by atoms with Gasteiger partial charge in [0.05, 0.1) is 5.69 Å². The van der Waals surface area contributed by atoms with Gasteiger partial charge in [-0.05, 0) is 72.2 Å². The normalized spacial score (nSPS) is 30.0. The quantitative estimate of drug-likeness (QED) is 0.870. The minimum atomic E-state index is 0.274. The van der Waals surface area contributed by atoms with E-state index in [9.17, 15) is 0 Å². The summed E-state index contributed by atoms with van der Waals surface area (Å²) in [6, 6.07) is 7.32. The molecule has 2 nitrogen and oxygen atoms in total. The fraction of sp³-hybridized carbons (Fsp3) is 0.667. The number of anilines is 1. The molecule has 0 bridgehead atoms. The molecular weight excluding hydrogens is 324 g/mol. The van der Waals surface area contributed by atoms with E-state index in [0.29, 0.717) is 12.0 Å². The molecule has 1 aromatic carbocycles. The third-order valence-corrected chi connectivity index (χ3v) is 5.91. The van der Waals surface area contributed by atoms with Crippen LogP contribution < -0.4 is 10.2 Å². The van der Waals surface area contributed by atoms with Gasteiger partial charge in [-0.3, -0.25) is 0 Å². The summed E-state index contributed by atoms with van der Waals surface area (Å²) < 4.78 is 1.23. The lowest BCUT2D eigenvalue weighted by Gasteiger charge is -2.49. The van der Waals surface area contributed by atoms with Crippen molar-refractivity contribution in [2.24, 2.45) is 11.8 Å². The molecule has 1 heterocycles. The summed E-state index contributed by atoms with van der Waals surface area (Å²) in [5, 5.41) is 3.86. The first kappa shape index (κ1) is 15.4. The monoisotopic (exact) mass is 350 g/mol. The molecule has 1 N–H and O–H groups in total. The lowest BCUT2D eigenvalue weighted by Crippen LogP contribution is -2.65. The predicted octanol–water partition coefficient (Wildman–Crippen LogP) is 4.36. The molecule has 116 valence electrons. The first-order valence-corrected chi connectivity index (χ1v) is 8.98. The summed E-state index contributed by atoms with van der Waals surface area (Å²) in [7, 11) is 0. The van der Waals surface area contributed by atoms with Crippen LogP contribution >= 0.6 is 15.9 Å². The van der Waals surface area contributed by atoms with Gasteiger partial charge >= 0.3 is 0 Å². The van der Waals surface area contributed by atoms with Crippen LogP contribution in [0.5, 0.6) is 0 Å². The van der Waals surface area contributed by atoms with E-state index >= 15 is 0 Å². The van der Waals surface area contributed by atoms with Crippen LogP contribution in [0, 0.1) is 18.8 Å². The lowest BCUT2D eigenvalue weighted by atomic mass is 9.87. The summed E-state index contributed by atoms with van der Waals surface area (Å²) in [5.74, 6) is 1.51. The fourth-order valence-electron chi connectivity index (χ4n) is 3.67. The summed E-state index contributed by atoms with van der Waals surface area (Å²) >= 11 is 3.79. The maximum atomic E-state index is 3.86. The van der Waals surface area contributed by atoms with Gasteiger partial charge in [0, 0.05) is 29.1 Å². The molecule has 0 amide bonds. The first-order valence-electron chi connectivity index (χ1n) is 8.18. The van der Waals surface area contributed by atoms with E-state index in [0.717, 1.165) is 19.0 Å². The molecule has 3 heteroatoms. The number of piperazine rings is 1. The van der Waals surface area contributed by atoms with Gasteiger partial charge in [0.15, 0.2) is 0 Å². The smallest absolute Gasteiger partial charge is 0.0514 e. The number of benzene rings is 1. The van der Waals surface area contributed by atoms with E-state index in [-0.39, 0.29) is 5.54 Å². The van der Waals surface area contributed by atoms with Crippen LogP contribution in [0.15, 0.2) is 22.7 Å². The molecule has 1 saturated heterocycles. The molecule has 1 saturated carbocycles. The standard InChI is InChI=1S/C18H27BrN2/c1-12(2)17-10-20-18(4,14-6-7-14)11-21(17)16-8-5-13(3)9-15(16)19/h5,8-9,12,14,17,20H,6-7,10-11H2,1-4H3. The van der Waals surface area contributed by atoms with Crippen molar-refractivity contribution < 1.29 is 0 Å². The molecule has 2 aliphatic rings. The number of nitrogens with one attached hydrogen (secondary N) is 1. The van der Waals surface area contributed by atoms with Crippen molar-refractivity contribution in [3.63, 3.8) is 0 Å². The predicted molar refractivity (Wildman–Crippen MR) is 94.0 cm³/mol. The van der Waals surface area contributed by atoms with Crippen molar-refractivity contribution in [3.05, 3.63) is 28.2 Å². The van der Waals surface area contributed by atoms with E-state index < -0.39 is 0 Å². The molecule has 2 fully saturated rings. The molecule has 0 spiro atoms. The average Bonchev–Trinajstić information content (AvgIpc) is 3.22. The Labute approximate surface area is 137 Å². The Morgan fingerprint density at radius 2 is 2.05 bits per heavy atom. The Balaban J connectivity index is 1.93. The molecule has 2 unspecified atom stereocenters. The van der Waals surface area contributed by atoms with Crippen LogP contribution in [0.25, 0.3) is 0 Å². The van der Waals surface area contributed by atoms with Crippen LogP contribution in [0.1, 0.15) is 39.2 Å². The lowest BCUT2D eigenvalue weighted by molar-refractivity contribution is 0.233. The van der Waals surface area contributed by atoms with Gasteiger partial charge in [0.2, 0.25) is 0 Å². The Morgan fingerprint density at radius 3 is 2.62 bits per heavy atom. The molecular formula is C18H27BrN2. The molecule has 2 atom stereocenters. The maximum absolute atomic E-state index is 3.86. The van der Waals surface area contributed by atoms with Crippen LogP contribution in [-0.2, 0) is 0 Å². The highest BCUT2D eigenvalue weighted by Crippen LogP contribution is 2.43. The molecule has 0 radical (unpaired) electrons. The summed E-state index contributed by atoms with van der Waals surface area (Å²) in [4.78, 5) is 2.64. The van der Waals surface area contributed by atoms with E-state index in [1.165, 1.54) is 28.6 Å². The van der Waals surface area contributed by atoms with E-state index in [1.54, 1.807) is 0 Å². The second-order valence-electron chi connectivity index (χ2n) is 7.47. The van der Waals surface area contributed by atoms with Crippen molar-refractivity contribution in [2.45, 2.75) is 52.1 Å². The van der Waals surface area contributed by atoms with Crippen molar-refractivity contribution >= 4 is 21.6 Å². The molecule has 1 aliphatic carbocycles. The third-order valence-electron chi connectivity index (χ3n) is 5.27. The summed E-state index contributed by atoms with van der Waals surface area (Å²) in [6.07, 6.45) is 2.78. The largest absolute Gasteiger partial charge is 0.364 e. The van der Waals surface area contributed by atoms with Crippen molar-refractivity contribution in [2.75, 3.05) is 18.0 Å². The van der Waals surface area contributed by atoms with Gasteiger partial charge in [-0.2, -0.15) is 0 Å². The van der Waals surface area contributed by atoms with Crippen molar-refractivity contribution in [3.8, 4) is 0 Å². The Bertz CT molecular complexity index is 524. The summed E-state index contributed by atoms with van der Waals surface area (Å²) in [6.45, 7) is 11.4. The minimum absolute atomic E-state index is 0.274. The van der Waals surface area contributed by atoms with Gasteiger partial charge in [0.25, 0.3) is 0 Å². The molecule has 3 rings (SSSR count). The van der Waals surface area contributed by atoms with Crippen LogP contribution in [0.4, 0.5) is 5.69 Å². The highest BCUT2D eigenvalue weighted by atomic mass is 79.9. The van der Waals surface area contributed by atoms with Gasteiger partial charge in [-0.25, -0.2) is 0 Å². The Kier molecular flexibility index (Phi) is 4.08. The van der Waals surface area contributed by atoms with Gasteiger partial charge in [0.1, 0.15) is 0 Å². The molecule has 1 aliphatic heterocycles. The van der Waals surface area contributed by atoms with E-state index in [2.05, 4.69) is 72.0 Å². The second-order valence-corrected chi connectivity index (χ2v) is 8.32. The van der Waals surface area contributed by atoms with Gasteiger partial charge in [-0.15, -0.1) is 0 Å². The zero-order valence-corrected chi connectivity index (χ0v) is 15.2. The highest BCUT2D eigenvalue weighted by Gasteiger charge is 2.46. The van der Waals surface area contributed by atoms with Crippen molar-refractivity contribution in [1.29, 1.82) is 0 Å². The second kappa shape index (κ2) is 5.58. The van der Waals surface area contributed by atoms with E-state index in [4.69, 9.17) is 0 Å². The number of hydrogen-bond acceptors (Lipinski definition) is 2. The molecule has 0 aromatic heterocycles. The molecule has 21 heavy (non-hydrogen) atoms. The number of rotatable bonds is 3. The van der Waals surface area contributed by atoms with Gasteiger partial charge < -0.3 is 10.2 Å². The Hall–Kier alpha value is -0.540. The first-order chi connectivity index (χ1) is 9.90. The van der Waals surface area contributed by atoms with Crippen molar-refractivity contribution in [1.82, 2.24) is 5.32 Å². The van der Waals surface area contributed by atoms with Crippen LogP contribution in [0.3, 0.4) is 0 Å². The van der Waals surface area contributed by atoms with Crippen LogP contribution in [-0.4, -0.2) is 24.7 Å². The zero-order valence-electron chi connectivity index (χ0n) is 13.6. The summed E-state index contributed by atoms with van der Waals surface area (Å²) in [5.41, 5.74) is 2.94. The number of hydrogen-bond donors (Lipinski definition) is 1. The third kappa shape index (κ3) is 3.00. The number of aryl methyl sites for hydroxylation is 1. The number of halogens is 1. The topological polar surface area (TPSA) is 15.3 Å². The maximum Gasteiger partial charge on any atom is 0.0514 e. The van der Waals surface area contributed by atoms with E-state index in [1.807, 2.05) is 0 Å². The minimum Gasteiger partial charge on any atom is -0.364 e. The zero-order chi connectivity index (χ0) is 15.2. The molecule has 1 aromatic rings.